The Morgan fingerprint density at radius 2 is 1.62 bits per heavy atom. The molecule has 2 amide bonds. The van der Waals surface area contributed by atoms with Gasteiger partial charge in [0.1, 0.15) is 0 Å². The molecule has 0 spiro atoms. The fourth-order valence-corrected chi connectivity index (χ4v) is 3.01. The Labute approximate surface area is 147 Å². The van der Waals surface area contributed by atoms with Gasteiger partial charge < -0.3 is 10.6 Å². The molecule has 0 saturated carbocycles. The quantitative estimate of drug-likeness (QED) is 0.836. The fraction of sp³-hybridized carbons (Fsp3) is 0.263. The first-order chi connectivity index (χ1) is 11.4. The van der Waals surface area contributed by atoms with Gasteiger partial charge in [0, 0.05) is 35.4 Å². The number of rotatable bonds is 6. The Kier molecular flexibility index (Phi) is 6.44. The van der Waals surface area contributed by atoms with Crippen LogP contribution in [0.15, 0.2) is 52.3 Å². The third kappa shape index (κ3) is 5.74. The number of aryl methyl sites for hydroxylation is 2. The summed E-state index contributed by atoms with van der Waals surface area (Å²) in [6.07, 6.45) is 0.263. The van der Waals surface area contributed by atoms with Crippen molar-refractivity contribution in [2.24, 2.45) is 0 Å². The summed E-state index contributed by atoms with van der Waals surface area (Å²) in [6, 6.07) is 14.2. The van der Waals surface area contributed by atoms with Crippen LogP contribution >= 0.6 is 11.8 Å². The molecule has 5 heteroatoms. The van der Waals surface area contributed by atoms with E-state index in [2.05, 4.69) is 42.7 Å². The van der Waals surface area contributed by atoms with Gasteiger partial charge in [-0.15, -0.1) is 0 Å². The van der Waals surface area contributed by atoms with E-state index in [1.807, 2.05) is 24.3 Å². The van der Waals surface area contributed by atoms with Crippen molar-refractivity contribution in [1.82, 2.24) is 5.32 Å². The van der Waals surface area contributed by atoms with Crippen molar-refractivity contribution in [2.75, 3.05) is 11.9 Å². The van der Waals surface area contributed by atoms with Gasteiger partial charge in [-0.25, -0.2) is 0 Å². The molecule has 2 aromatic rings. The Balaban J connectivity index is 1.89. The SMILES string of the molecule is CC(=O)NCCC(=O)Nc1ccc(Sc2ccc(C)c(C)c2)cc1. The van der Waals surface area contributed by atoms with Crippen molar-refractivity contribution in [2.45, 2.75) is 37.0 Å². The molecule has 4 nitrogen and oxygen atoms in total. The van der Waals surface area contributed by atoms with Gasteiger partial charge in [-0.05, 0) is 61.4 Å². The van der Waals surface area contributed by atoms with Crippen molar-refractivity contribution in [3.8, 4) is 0 Å². The third-order valence-corrected chi connectivity index (χ3v) is 4.58. The Bertz CT molecular complexity index is 727. The van der Waals surface area contributed by atoms with E-state index in [-0.39, 0.29) is 18.2 Å². The lowest BCUT2D eigenvalue weighted by atomic mass is 10.1. The monoisotopic (exact) mass is 342 g/mol. The second kappa shape index (κ2) is 8.55. The molecule has 2 aromatic carbocycles. The molecule has 0 atom stereocenters. The highest BCUT2D eigenvalue weighted by Gasteiger charge is 2.04. The van der Waals surface area contributed by atoms with E-state index in [9.17, 15) is 9.59 Å². The molecule has 0 aliphatic rings. The van der Waals surface area contributed by atoms with Crippen LogP contribution < -0.4 is 10.6 Å². The van der Waals surface area contributed by atoms with Crippen molar-refractivity contribution < 1.29 is 9.59 Å². The van der Waals surface area contributed by atoms with Crippen molar-refractivity contribution in [3.63, 3.8) is 0 Å². The number of anilines is 1. The lowest BCUT2D eigenvalue weighted by Gasteiger charge is -2.08. The van der Waals surface area contributed by atoms with Crippen LogP contribution in [0.5, 0.6) is 0 Å². The summed E-state index contributed by atoms with van der Waals surface area (Å²) in [4.78, 5) is 24.9. The van der Waals surface area contributed by atoms with Gasteiger partial charge >= 0.3 is 0 Å². The Morgan fingerprint density at radius 3 is 2.25 bits per heavy atom. The number of carbonyl (C=O) groups excluding carboxylic acids is 2. The van der Waals surface area contributed by atoms with Crippen LogP contribution in [0, 0.1) is 13.8 Å². The number of benzene rings is 2. The van der Waals surface area contributed by atoms with Gasteiger partial charge in [0.05, 0.1) is 0 Å². The number of nitrogens with one attached hydrogen (secondary N) is 2. The topological polar surface area (TPSA) is 58.2 Å². The zero-order chi connectivity index (χ0) is 17.5. The van der Waals surface area contributed by atoms with Crippen LogP contribution in [0.3, 0.4) is 0 Å². The van der Waals surface area contributed by atoms with Gasteiger partial charge in [-0.1, -0.05) is 17.8 Å². The average Bonchev–Trinajstić information content (AvgIpc) is 2.52. The maximum absolute atomic E-state index is 11.8. The summed E-state index contributed by atoms with van der Waals surface area (Å²) in [5, 5.41) is 5.43. The van der Waals surface area contributed by atoms with Crippen molar-refractivity contribution >= 4 is 29.3 Å². The number of amides is 2. The highest BCUT2D eigenvalue weighted by atomic mass is 32.2. The summed E-state index contributed by atoms with van der Waals surface area (Å²) in [7, 11) is 0. The highest BCUT2D eigenvalue weighted by Crippen LogP contribution is 2.29. The van der Waals surface area contributed by atoms with E-state index in [1.54, 1.807) is 11.8 Å². The minimum Gasteiger partial charge on any atom is -0.356 e. The molecule has 24 heavy (non-hydrogen) atoms. The van der Waals surface area contributed by atoms with E-state index in [4.69, 9.17) is 0 Å². The second-order valence-corrected chi connectivity index (χ2v) is 6.80. The molecule has 0 aromatic heterocycles. The van der Waals surface area contributed by atoms with E-state index in [0.717, 1.165) is 10.6 Å². The molecule has 0 radical (unpaired) electrons. The molecule has 0 fully saturated rings. The predicted molar refractivity (Wildman–Crippen MR) is 98.4 cm³/mol. The first-order valence-corrected chi connectivity index (χ1v) is 8.65. The van der Waals surface area contributed by atoms with E-state index in [0.29, 0.717) is 6.54 Å². The summed E-state index contributed by atoms with van der Waals surface area (Å²) in [5.74, 6) is -0.242. The minimum absolute atomic E-state index is 0.113. The van der Waals surface area contributed by atoms with E-state index >= 15 is 0 Å². The van der Waals surface area contributed by atoms with E-state index < -0.39 is 0 Å². The standard InChI is InChI=1S/C19H22N2O2S/c1-13-4-7-18(12-14(13)2)24-17-8-5-16(6-9-17)21-19(23)10-11-20-15(3)22/h4-9,12H,10-11H2,1-3H3,(H,20,22)(H,21,23). The van der Waals surface area contributed by atoms with Gasteiger partial charge in [0.15, 0.2) is 0 Å². The van der Waals surface area contributed by atoms with Crippen LogP contribution in [-0.2, 0) is 9.59 Å². The number of hydrogen-bond donors (Lipinski definition) is 2. The van der Waals surface area contributed by atoms with Gasteiger partial charge in [0.2, 0.25) is 11.8 Å². The Hall–Kier alpha value is -2.27. The maximum Gasteiger partial charge on any atom is 0.226 e. The molecule has 0 bridgehead atoms. The maximum atomic E-state index is 11.8. The lowest BCUT2D eigenvalue weighted by Crippen LogP contribution is -2.25. The smallest absolute Gasteiger partial charge is 0.226 e. The summed E-state index contributed by atoms with van der Waals surface area (Å²) >= 11 is 1.69. The second-order valence-electron chi connectivity index (χ2n) is 5.65. The van der Waals surface area contributed by atoms with Gasteiger partial charge in [-0.2, -0.15) is 0 Å². The minimum atomic E-state index is -0.129. The van der Waals surface area contributed by atoms with Gasteiger partial charge in [-0.3, -0.25) is 9.59 Å². The highest BCUT2D eigenvalue weighted by molar-refractivity contribution is 7.99. The summed E-state index contributed by atoms with van der Waals surface area (Å²) in [6.45, 7) is 6.00. The molecule has 0 aliphatic carbocycles. The molecular formula is C19H22N2O2S. The molecule has 0 unspecified atom stereocenters. The van der Waals surface area contributed by atoms with Crippen LogP contribution in [-0.4, -0.2) is 18.4 Å². The number of hydrogen-bond acceptors (Lipinski definition) is 3. The van der Waals surface area contributed by atoms with E-state index in [1.165, 1.54) is 22.9 Å². The molecule has 0 aliphatic heterocycles. The fourth-order valence-electron chi connectivity index (χ4n) is 2.10. The Morgan fingerprint density at radius 1 is 0.958 bits per heavy atom. The normalized spacial score (nSPS) is 10.3. The first kappa shape index (κ1) is 18.1. The zero-order valence-electron chi connectivity index (χ0n) is 14.2. The average molecular weight is 342 g/mol. The van der Waals surface area contributed by atoms with Crippen molar-refractivity contribution in [1.29, 1.82) is 0 Å². The molecule has 0 heterocycles. The number of carbonyl (C=O) groups is 2. The van der Waals surface area contributed by atoms with Crippen LogP contribution in [0.25, 0.3) is 0 Å². The van der Waals surface area contributed by atoms with Gasteiger partial charge in [0.25, 0.3) is 0 Å². The molecular weight excluding hydrogens is 320 g/mol. The lowest BCUT2D eigenvalue weighted by molar-refractivity contribution is -0.119. The van der Waals surface area contributed by atoms with Crippen LogP contribution in [0.2, 0.25) is 0 Å². The van der Waals surface area contributed by atoms with Crippen LogP contribution in [0.4, 0.5) is 5.69 Å². The largest absolute Gasteiger partial charge is 0.356 e. The third-order valence-electron chi connectivity index (χ3n) is 3.58. The zero-order valence-corrected chi connectivity index (χ0v) is 15.0. The summed E-state index contributed by atoms with van der Waals surface area (Å²) in [5.41, 5.74) is 3.33. The van der Waals surface area contributed by atoms with Crippen LogP contribution in [0.1, 0.15) is 24.5 Å². The predicted octanol–water partition coefficient (Wildman–Crippen LogP) is 3.92. The summed E-state index contributed by atoms with van der Waals surface area (Å²) < 4.78 is 0. The van der Waals surface area contributed by atoms with Crippen molar-refractivity contribution in [3.05, 3.63) is 53.6 Å². The molecule has 2 N–H and O–H groups in total. The molecule has 126 valence electrons. The first-order valence-electron chi connectivity index (χ1n) is 7.83. The molecule has 0 saturated heterocycles. The molecule has 2 rings (SSSR count).